The maximum atomic E-state index is 12.5. The van der Waals surface area contributed by atoms with E-state index in [0.717, 1.165) is 0 Å². The Morgan fingerprint density at radius 1 is 1.30 bits per heavy atom. The molecule has 3 rings (SSSR count). The third-order valence-electron chi connectivity index (χ3n) is 3.09. The van der Waals surface area contributed by atoms with Crippen molar-refractivity contribution in [3.63, 3.8) is 0 Å². The third-order valence-corrected chi connectivity index (χ3v) is 3.92. The van der Waals surface area contributed by atoms with Crippen molar-refractivity contribution in [2.75, 3.05) is 11.9 Å². The van der Waals surface area contributed by atoms with Gasteiger partial charge in [0.15, 0.2) is 5.82 Å². The number of hydrogen-bond acceptors (Lipinski definition) is 7. The van der Waals surface area contributed by atoms with E-state index >= 15 is 0 Å². The molecule has 0 aliphatic carbocycles. The Hall–Kier alpha value is -2.50. The van der Waals surface area contributed by atoms with Crippen LogP contribution in [0.15, 0.2) is 17.2 Å². The van der Waals surface area contributed by atoms with Gasteiger partial charge < -0.3 is 9.47 Å². The summed E-state index contributed by atoms with van der Waals surface area (Å²) in [6.07, 6.45) is -1.42. The number of fused-ring (bicyclic) bond motifs is 1. The molecule has 0 atom stereocenters. The number of rotatable bonds is 3. The standard InChI is InChI=1S/C11H10F3N7OS/c1-19-3-4-21-6(16-17-7(21)8(19)22)5-20(2)10-15-9(18-23-10)11(12,13)14/h3-4H,5H2,1-2H3. The number of aromatic nitrogens is 6. The molecular formula is C11H10F3N7OS. The molecule has 0 aliphatic heterocycles. The van der Waals surface area contributed by atoms with Crippen LogP contribution in [0.4, 0.5) is 18.3 Å². The first-order chi connectivity index (χ1) is 10.8. The SMILES string of the molecule is CN(Cc1nnc2c(=O)n(C)ccn12)c1nc(C(F)(F)F)ns1. The van der Waals surface area contributed by atoms with Gasteiger partial charge in [0.1, 0.15) is 0 Å². The van der Waals surface area contributed by atoms with Crippen LogP contribution < -0.4 is 10.5 Å². The summed E-state index contributed by atoms with van der Waals surface area (Å²) < 4.78 is 43.7. The molecule has 0 fully saturated rings. The molecule has 122 valence electrons. The Kier molecular flexibility index (Phi) is 3.55. The van der Waals surface area contributed by atoms with Gasteiger partial charge in [0.05, 0.1) is 6.54 Å². The third kappa shape index (κ3) is 2.76. The van der Waals surface area contributed by atoms with Gasteiger partial charge in [-0.1, -0.05) is 0 Å². The molecule has 3 aromatic heterocycles. The highest BCUT2D eigenvalue weighted by Crippen LogP contribution is 2.30. The number of nitrogens with zero attached hydrogens (tertiary/aromatic N) is 7. The van der Waals surface area contributed by atoms with Gasteiger partial charge in [0, 0.05) is 38.0 Å². The van der Waals surface area contributed by atoms with Crippen LogP contribution in [0.2, 0.25) is 0 Å². The molecular weight excluding hydrogens is 335 g/mol. The van der Waals surface area contributed by atoms with E-state index in [1.54, 1.807) is 26.5 Å². The quantitative estimate of drug-likeness (QED) is 0.703. The van der Waals surface area contributed by atoms with Crippen LogP contribution in [0.3, 0.4) is 0 Å². The molecule has 3 aromatic rings. The Morgan fingerprint density at radius 2 is 2.04 bits per heavy atom. The van der Waals surface area contributed by atoms with E-state index < -0.39 is 12.0 Å². The zero-order valence-corrected chi connectivity index (χ0v) is 12.8. The first-order valence-corrected chi connectivity index (χ1v) is 7.06. The zero-order valence-electron chi connectivity index (χ0n) is 11.9. The largest absolute Gasteiger partial charge is 0.452 e. The van der Waals surface area contributed by atoms with Crippen LogP contribution in [0.1, 0.15) is 11.6 Å². The summed E-state index contributed by atoms with van der Waals surface area (Å²) in [7, 11) is 3.14. The van der Waals surface area contributed by atoms with Crippen molar-refractivity contribution in [1.29, 1.82) is 0 Å². The average Bonchev–Trinajstić information content (AvgIpc) is 3.10. The van der Waals surface area contributed by atoms with Gasteiger partial charge in [0.2, 0.25) is 16.6 Å². The molecule has 3 heterocycles. The minimum atomic E-state index is -4.58. The monoisotopic (exact) mass is 345 g/mol. The number of hydrogen-bond donors (Lipinski definition) is 0. The predicted molar refractivity (Wildman–Crippen MR) is 75.2 cm³/mol. The smallest absolute Gasteiger partial charge is 0.342 e. The van der Waals surface area contributed by atoms with Crippen molar-refractivity contribution in [1.82, 2.24) is 28.5 Å². The van der Waals surface area contributed by atoms with Gasteiger partial charge >= 0.3 is 6.18 Å². The van der Waals surface area contributed by atoms with Crippen molar-refractivity contribution in [2.24, 2.45) is 7.05 Å². The van der Waals surface area contributed by atoms with Crippen LogP contribution in [0, 0.1) is 0 Å². The summed E-state index contributed by atoms with van der Waals surface area (Å²) in [6, 6.07) is 0. The van der Waals surface area contributed by atoms with Crippen LogP contribution in [-0.2, 0) is 19.8 Å². The van der Waals surface area contributed by atoms with E-state index in [9.17, 15) is 18.0 Å². The minimum Gasteiger partial charge on any atom is -0.342 e. The summed E-state index contributed by atoms with van der Waals surface area (Å²) in [5.74, 6) is -0.770. The second-order valence-corrected chi connectivity index (χ2v) is 5.51. The van der Waals surface area contributed by atoms with Crippen molar-refractivity contribution < 1.29 is 13.2 Å². The van der Waals surface area contributed by atoms with Crippen molar-refractivity contribution in [3.05, 3.63) is 34.4 Å². The summed E-state index contributed by atoms with van der Waals surface area (Å²) in [5, 5.41) is 7.82. The molecule has 12 heteroatoms. The van der Waals surface area contributed by atoms with E-state index in [1.165, 1.54) is 13.9 Å². The lowest BCUT2D eigenvalue weighted by molar-refractivity contribution is -0.144. The molecule has 0 amide bonds. The molecule has 0 aromatic carbocycles. The molecule has 0 aliphatic rings. The van der Waals surface area contributed by atoms with Crippen LogP contribution in [-0.4, -0.2) is 35.6 Å². The fraction of sp³-hybridized carbons (Fsp3) is 0.364. The van der Waals surface area contributed by atoms with Gasteiger partial charge in [-0.3, -0.25) is 9.20 Å². The zero-order chi connectivity index (χ0) is 16.8. The maximum absolute atomic E-state index is 12.5. The fourth-order valence-corrected chi connectivity index (χ4v) is 2.54. The lowest BCUT2D eigenvalue weighted by Crippen LogP contribution is -2.21. The lowest BCUT2D eigenvalue weighted by Gasteiger charge is -2.13. The minimum absolute atomic E-state index is 0.0953. The van der Waals surface area contributed by atoms with Crippen molar-refractivity contribution in [2.45, 2.75) is 12.7 Å². The predicted octanol–water partition coefficient (Wildman–Crippen LogP) is 0.935. The second-order valence-electron chi connectivity index (χ2n) is 4.78. The van der Waals surface area contributed by atoms with Gasteiger partial charge in [-0.25, -0.2) is 0 Å². The van der Waals surface area contributed by atoms with Crippen LogP contribution in [0.25, 0.3) is 5.65 Å². The molecule has 23 heavy (non-hydrogen) atoms. The van der Waals surface area contributed by atoms with E-state index in [2.05, 4.69) is 19.6 Å². The van der Waals surface area contributed by atoms with E-state index in [0.29, 0.717) is 17.4 Å². The molecule has 0 bridgehead atoms. The Morgan fingerprint density at radius 3 is 2.70 bits per heavy atom. The molecule has 0 saturated carbocycles. The molecule has 0 saturated heterocycles. The number of halogens is 3. The molecule has 0 N–H and O–H groups in total. The van der Waals surface area contributed by atoms with Gasteiger partial charge in [-0.15, -0.1) is 10.2 Å². The van der Waals surface area contributed by atoms with E-state index in [4.69, 9.17) is 0 Å². The Bertz CT molecular complexity index is 912. The summed E-state index contributed by atoms with van der Waals surface area (Å²) in [6.45, 7) is 0.126. The summed E-state index contributed by atoms with van der Waals surface area (Å²) >= 11 is 0.639. The fourth-order valence-electron chi connectivity index (χ4n) is 1.89. The molecule has 8 nitrogen and oxygen atoms in total. The van der Waals surface area contributed by atoms with Gasteiger partial charge in [-0.05, 0) is 0 Å². The summed E-state index contributed by atoms with van der Waals surface area (Å²) in [5.41, 5.74) is -0.171. The van der Waals surface area contributed by atoms with Crippen LogP contribution in [0.5, 0.6) is 0 Å². The molecule has 0 unspecified atom stereocenters. The van der Waals surface area contributed by atoms with Gasteiger partial charge in [-0.2, -0.15) is 22.5 Å². The molecule has 0 radical (unpaired) electrons. The maximum Gasteiger partial charge on any atom is 0.452 e. The van der Waals surface area contributed by atoms with Crippen molar-refractivity contribution in [3.8, 4) is 0 Å². The topological polar surface area (TPSA) is 81.2 Å². The normalized spacial score (nSPS) is 12.0. The first kappa shape index (κ1) is 15.4. The average molecular weight is 345 g/mol. The second kappa shape index (κ2) is 5.30. The van der Waals surface area contributed by atoms with Gasteiger partial charge in [0.25, 0.3) is 5.56 Å². The van der Waals surface area contributed by atoms with E-state index in [-0.39, 0.29) is 22.9 Å². The Labute approximate surface area is 131 Å². The van der Waals surface area contributed by atoms with Crippen molar-refractivity contribution >= 4 is 22.3 Å². The number of anilines is 1. The number of alkyl halides is 3. The summed E-state index contributed by atoms with van der Waals surface area (Å²) in [4.78, 5) is 16.8. The molecule has 0 spiro atoms. The lowest BCUT2D eigenvalue weighted by atomic mass is 10.5. The van der Waals surface area contributed by atoms with Crippen LogP contribution >= 0.6 is 11.5 Å². The Balaban J connectivity index is 1.89. The van der Waals surface area contributed by atoms with E-state index in [1.807, 2.05) is 0 Å². The number of aryl methyl sites for hydroxylation is 1. The highest BCUT2D eigenvalue weighted by molar-refractivity contribution is 7.09. The first-order valence-electron chi connectivity index (χ1n) is 6.28. The highest BCUT2D eigenvalue weighted by Gasteiger charge is 2.36. The highest BCUT2D eigenvalue weighted by atomic mass is 32.1.